The third-order valence-corrected chi connectivity index (χ3v) is 2.03. The van der Waals surface area contributed by atoms with Crippen LogP contribution in [0.1, 0.15) is 10.4 Å². The maximum absolute atomic E-state index is 10.8. The van der Waals surface area contributed by atoms with Gasteiger partial charge in [0.15, 0.2) is 5.82 Å². The molecule has 0 spiro atoms. The first-order valence-electron chi connectivity index (χ1n) is 4.35. The number of carboxylic acid groups (broad SMARTS) is 1. The fourth-order valence-electron chi connectivity index (χ4n) is 1.17. The Labute approximate surface area is 95.8 Å². The minimum absolute atomic E-state index is 0.0578. The molecule has 2 aromatic rings. The monoisotopic (exact) mass is 235 g/mol. The molecule has 0 unspecified atom stereocenters. The Balaban J connectivity index is 2.54. The summed E-state index contributed by atoms with van der Waals surface area (Å²) < 4.78 is 0. The van der Waals surface area contributed by atoms with Gasteiger partial charge in [-0.2, -0.15) is 0 Å². The molecule has 0 bridgehead atoms. The Bertz CT molecular complexity index is 531. The van der Waals surface area contributed by atoms with Gasteiger partial charge in [-0.3, -0.25) is 0 Å². The van der Waals surface area contributed by atoms with Gasteiger partial charge in [-0.1, -0.05) is 11.6 Å². The Hall–Kier alpha value is -2.01. The van der Waals surface area contributed by atoms with Crippen molar-refractivity contribution in [2.24, 2.45) is 0 Å². The van der Waals surface area contributed by atoms with E-state index in [-0.39, 0.29) is 10.7 Å². The fourth-order valence-corrected chi connectivity index (χ4v) is 1.37. The lowest BCUT2D eigenvalue weighted by Crippen LogP contribution is -1.99. The minimum Gasteiger partial charge on any atom is -0.478 e. The molecule has 16 heavy (non-hydrogen) atoms. The molecule has 0 saturated carbocycles. The quantitative estimate of drug-likeness (QED) is 0.805. The summed E-state index contributed by atoms with van der Waals surface area (Å²) in [5.74, 6) is -0.728. The van der Waals surface area contributed by atoms with Crippen LogP contribution in [0.5, 0.6) is 0 Å². The van der Waals surface area contributed by atoms with E-state index in [0.29, 0.717) is 11.5 Å². The Morgan fingerprint density at radius 3 is 2.56 bits per heavy atom. The number of carboxylic acids is 1. The van der Waals surface area contributed by atoms with Gasteiger partial charge in [-0.05, 0) is 18.2 Å². The van der Waals surface area contributed by atoms with Crippen LogP contribution in [-0.4, -0.2) is 26.0 Å². The number of halogens is 1. The highest BCUT2D eigenvalue weighted by atomic mass is 35.5. The van der Waals surface area contributed by atoms with E-state index in [1.807, 2.05) is 0 Å². The van der Waals surface area contributed by atoms with E-state index in [9.17, 15) is 4.79 Å². The van der Waals surface area contributed by atoms with E-state index in [0.717, 1.165) is 0 Å². The van der Waals surface area contributed by atoms with Crippen molar-refractivity contribution in [1.29, 1.82) is 0 Å². The standard InChI is InChI=1S/C10H6ClN3O2/c11-8-5-6(10(15)16)4-7(14-8)9-12-2-1-3-13-9/h1-5H,(H,15,16). The summed E-state index contributed by atoms with van der Waals surface area (Å²) in [5, 5.41) is 8.95. The van der Waals surface area contributed by atoms with Crippen molar-refractivity contribution in [3.63, 3.8) is 0 Å². The third kappa shape index (κ3) is 2.14. The number of aromatic carboxylic acids is 1. The van der Waals surface area contributed by atoms with E-state index >= 15 is 0 Å². The fraction of sp³-hybridized carbons (Fsp3) is 0. The van der Waals surface area contributed by atoms with Gasteiger partial charge in [-0.25, -0.2) is 19.7 Å². The largest absolute Gasteiger partial charge is 0.478 e. The molecule has 0 aliphatic heterocycles. The highest BCUT2D eigenvalue weighted by molar-refractivity contribution is 6.29. The first-order valence-corrected chi connectivity index (χ1v) is 4.73. The number of nitrogens with zero attached hydrogens (tertiary/aromatic N) is 3. The summed E-state index contributed by atoms with van der Waals surface area (Å²) in [4.78, 5) is 22.7. The number of hydrogen-bond acceptors (Lipinski definition) is 4. The summed E-state index contributed by atoms with van der Waals surface area (Å²) in [6.45, 7) is 0. The molecule has 1 N–H and O–H groups in total. The zero-order valence-electron chi connectivity index (χ0n) is 7.96. The van der Waals surface area contributed by atoms with Crippen LogP contribution in [0.3, 0.4) is 0 Å². The van der Waals surface area contributed by atoms with Gasteiger partial charge in [0.1, 0.15) is 10.8 Å². The van der Waals surface area contributed by atoms with Gasteiger partial charge in [0.25, 0.3) is 0 Å². The van der Waals surface area contributed by atoms with Gasteiger partial charge in [-0.15, -0.1) is 0 Å². The maximum Gasteiger partial charge on any atom is 0.335 e. The average Bonchev–Trinajstić information content (AvgIpc) is 2.29. The SMILES string of the molecule is O=C(O)c1cc(Cl)nc(-c2ncccn2)c1. The van der Waals surface area contributed by atoms with Crippen LogP contribution in [0.15, 0.2) is 30.6 Å². The number of aromatic nitrogens is 3. The molecule has 0 aliphatic rings. The molecular weight excluding hydrogens is 230 g/mol. The first-order chi connectivity index (χ1) is 7.66. The smallest absolute Gasteiger partial charge is 0.335 e. The molecule has 0 radical (unpaired) electrons. The van der Waals surface area contributed by atoms with Crippen LogP contribution in [0.25, 0.3) is 11.5 Å². The number of pyridine rings is 1. The molecular formula is C10H6ClN3O2. The van der Waals surface area contributed by atoms with E-state index in [4.69, 9.17) is 16.7 Å². The zero-order valence-corrected chi connectivity index (χ0v) is 8.72. The van der Waals surface area contributed by atoms with Gasteiger partial charge < -0.3 is 5.11 Å². The van der Waals surface area contributed by atoms with Crippen LogP contribution in [-0.2, 0) is 0 Å². The van der Waals surface area contributed by atoms with Crippen molar-refractivity contribution in [3.05, 3.63) is 41.3 Å². The number of carbonyl (C=O) groups is 1. The maximum atomic E-state index is 10.8. The van der Waals surface area contributed by atoms with Crippen LogP contribution in [0.2, 0.25) is 5.15 Å². The molecule has 0 atom stereocenters. The molecule has 5 nitrogen and oxygen atoms in total. The Morgan fingerprint density at radius 2 is 1.94 bits per heavy atom. The Kier molecular flexibility index (Phi) is 2.78. The molecule has 0 aliphatic carbocycles. The van der Waals surface area contributed by atoms with Crippen LogP contribution >= 0.6 is 11.6 Å². The van der Waals surface area contributed by atoms with E-state index in [2.05, 4.69) is 15.0 Å². The van der Waals surface area contributed by atoms with Crippen LogP contribution < -0.4 is 0 Å². The summed E-state index contributed by atoms with van der Waals surface area (Å²) in [5.41, 5.74) is 0.396. The van der Waals surface area contributed by atoms with Crippen molar-refractivity contribution in [2.45, 2.75) is 0 Å². The van der Waals surface area contributed by atoms with E-state index < -0.39 is 5.97 Å². The van der Waals surface area contributed by atoms with Crippen molar-refractivity contribution in [3.8, 4) is 11.5 Å². The van der Waals surface area contributed by atoms with E-state index in [1.54, 1.807) is 18.5 Å². The lowest BCUT2D eigenvalue weighted by molar-refractivity contribution is 0.0697. The van der Waals surface area contributed by atoms with Gasteiger partial charge in [0.05, 0.1) is 5.56 Å². The Morgan fingerprint density at radius 1 is 1.25 bits per heavy atom. The molecule has 0 amide bonds. The molecule has 0 fully saturated rings. The molecule has 80 valence electrons. The lowest BCUT2D eigenvalue weighted by Gasteiger charge is -2.01. The third-order valence-electron chi connectivity index (χ3n) is 1.84. The minimum atomic E-state index is -1.07. The number of rotatable bonds is 2. The summed E-state index contributed by atoms with van der Waals surface area (Å²) >= 11 is 5.71. The molecule has 0 saturated heterocycles. The predicted molar refractivity (Wildman–Crippen MR) is 57.2 cm³/mol. The van der Waals surface area contributed by atoms with Crippen molar-refractivity contribution >= 4 is 17.6 Å². The molecule has 6 heteroatoms. The highest BCUT2D eigenvalue weighted by Crippen LogP contribution is 2.17. The van der Waals surface area contributed by atoms with Gasteiger partial charge in [0, 0.05) is 12.4 Å². The average molecular weight is 236 g/mol. The summed E-state index contributed by atoms with van der Waals surface area (Å²) in [6.07, 6.45) is 3.09. The second-order valence-electron chi connectivity index (χ2n) is 2.94. The van der Waals surface area contributed by atoms with Crippen molar-refractivity contribution in [1.82, 2.24) is 15.0 Å². The summed E-state index contributed by atoms with van der Waals surface area (Å²) in [6, 6.07) is 4.31. The summed E-state index contributed by atoms with van der Waals surface area (Å²) in [7, 11) is 0. The van der Waals surface area contributed by atoms with Gasteiger partial charge >= 0.3 is 5.97 Å². The first kappa shape index (κ1) is 10.5. The topological polar surface area (TPSA) is 76.0 Å². The lowest BCUT2D eigenvalue weighted by atomic mass is 10.2. The molecule has 2 aromatic heterocycles. The zero-order chi connectivity index (χ0) is 11.5. The normalized spacial score (nSPS) is 10.1. The van der Waals surface area contributed by atoms with Crippen molar-refractivity contribution in [2.75, 3.05) is 0 Å². The van der Waals surface area contributed by atoms with Crippen LogP contribution in [0.4, 0.5) is 0 Å². The number of hydrogen-bond donors (Lipinski definition) is 1. The van der Waals surface area contributed by atoms with Gasteiger partial charge in [0.2, 0.25) is 0 Å². The second kappa shape index (κ2) is 4.24. The predicted octanol–water partition coefficient (Wildman–Crippen LogP) is 1.89. The second-order valence-corrected chi connectivity index (χ2v) is 3.33. The van der Waals surface area contributed by atoms with E-state index in [1.165, 1.54) is 12.1 Å². The van der Waals surface area contributed by atoms with Crippen LogP contribution in [0, 0.1) is 0 Å². The molecule has 2 heterocycles. The highest BCUT2D eigenvalue weighted by Gasteiger charge is 2.10. The molecule has 2 rings (SSSR count). The molecule has 0 aromatic carbocycles. The van der Waals surface area contributed by atoms with Crippen molar-refractivity contribution < 1.29 is 9.90 Å².